The SMILES string of the molecule is C=CC(=O)OCC1CCCCC1O. The van der Waals surface area contributed by atoms with Gasteiger partial charge in [-0.05, 0) is 12.8 Å². The summed E-state index contributed by atoms with van der Waals surface area (Å²) in [6.45, 7) is 3.63. The van der Waals surface area contributed by atoms with Crippen molar-refractivity contribution in [2.75, 3.05) is 6.61 Å². The van der Waals surface area contributed by atoms with E-state index in [1.54, 1.807) is 0 Å². The molecule has 3 heteroatoms. The number of carbonyl (C=O) groups is 1. The van der Waals surface area contributed by atoms with Crippen LogP contribution in [0.4, 0.5) is 0 Å². The molecule has 1 saturated carbocycles. The number of ether oxygens (including phenoxy) is 1. The van der Waals surface area contributed by atoms with Gasteiger partial charge in [-0.3, -0.25) is 0 Å². The van der Waals surface area contributed by atoms with E-state index in [0.29, 0.717) is 6.61 Å². The fraction of sp³-hybridized carbons (Fsp3) is 0.700. The van der Waals surface area contributed by atoms with E-state index in [4.69, 9.17) is 4.74 Å². The summed E-state index contributed by atoms with van der Waals surface area (Å²) >= 11 is 0. The molecule has 0 spiro atoms. The van der Waals surface area contributed by atoms with Gasteiger partial charge in [0.25, 0.3) is 0 Å². The van der Waals surface area contributed by atoms with Gasteiger partial charge in [0.2, 0.25) is 0 Å². The third-order valence-electron chi connectivity index (χ3n) is 2.48. The minimum atomic E-state index is -0.405. The monoisotopic (exact) mass is 184 g/mol. The van der Waals surface area contributed by atoms with E-state index < -0.39 is 5.97 Å². The zero-order chi connectivity index (χ0) is 9.68. The number of hydrogen-bond acceptors (Lipinski definition) is 3. The summed E-state index contributed by atoms with van der Waals surface area (Å²) in [5.74, 6) is -0.282. The Hall–Kier alpha value is -0.830. The average molecular weight is 184 g/mol. The number of hydrogen-bond donors (Lipinski definition) is 1. The summed E-state index contributed by atoms with van der Waals surface area (Å²) in [5.41, 5.74) is 0. The van der Waals surface area contributed by atoms with Crippen LogP contribution < -0.4 is 0 Å². The van der Waals surface area contributed by atoms with Crippen molar-refractivity contribution in [2.45, 2.75) is 31.8 Å². The second-order valence-electron chi connectivity index (χ2n) is 3.45. The number of esters is 1. The number of aliphatic hydroxyl groups is 1. The van der Waals surface area contributed by atoms with Crippen molar-refractivity contribution in [1.82, 2.24) is 0 Å². The minimum Gasteiger partial charge on any atom is -0.462 e. The number of carbonyl (C=O) groups excluding carboxylic acids is 1. The third-order valence-corrected chi connectivity index (χ3v) is 2.48. The summed E-state index contributed by atoms with van der Waals surface area (Å²) in [7, 11) is 0. The third kappa shape index (κ3) is 3.19. The normalized spacial score (nSPS) is 28.1. The molecular weight excluding hydrogens is 168 g/mol. The maximum Gasteiger partial charge on any atom is 0.330 e. The van der Waals surface area contributed by atoms with E-state index in [1.165, 1.54) is 0 Å². The summed E-state index contributed by atoms with van der Waals surface area (Å²) < 4.78 is 4.88. The summed E-state index contributed by atoms with van der Waals surface area (Å²) in [6.07, 6.45) is 4.82. The van der Waals surface area contributed by atoms with Gasteiger partial charge in [0.1, 0.15) is 0 Å². The Kier molecular flexibility index (Phi) is 3.96. The lowest BCUT2D eigenvalue weighted by Crippen LogP contribution is -2.29. The van der Waals surface area contributed by atoms with Crippen molar-refractivity contribution >= 4 is 5.97 Å². The maximum absolute atomic E-state index is 10.7. The molecule has 1 N–H and O–H groups in total. The Morgan fingerprint density at radius 1 is 1.54 bits per heavy atom. The molecule has 74 valence electrons. The standard InChI is InChI=1S/C10H16O3/c1-2-10(12)13-7-8-5-3-4-6-9(8)11/h2,8-9,11H,1,3-7H2. The molecule has 2 atom stereocenters. The van der Waals surface area contributed by atoms with Crippen molar-refractivity contribution in [2.24, 2.45) is 5.92 Å². The molecule has 0 aromatic rings. The molecule has 0 aliphatic heterocycles. The van der Waals surface area contributed by atoms with Crippen LogP contribution in [-0.2, 0) is 9.53 Å². The van der Waals surface area contributed by atoms with Crippen molar-refractivity contribution in [1.29, 1.82) is 0 Å². The molecule has 0 heterocycles. The summed E-state index contributed by atoms with van der Waals surface area (Å²) in [4.78, 5) is 10.7. The molecule has 0 aromatic heterocycles. The van der Waals surface area contributed by atoms with Crippen LogP contribution in [0.5, 0.6) is 0 Å². The lowest BCUT2D eigenvalue weighted by molar-refractivity contribution is -0.140. The first-order valence-electron chi connectivity index (χ1n) is 4.71. The van der Waals surface area contributed by atoms with Gasteiger partial charge in [0.05, 0.1) is 12.7 Å². The highest BCUT2D eigenvalue weighted by molar-refractivity contribution is 5.81. The molecule has 13 heavy (non-hydrogen) atoms. The molecule has 1 rings (SSSR count). The van der Waals surface area contributed by atoms with Crippen LogP contribution in [0.3, 0.4) is 0 Å². The molecule has 0 saturated heterocycles. The smallest absolute Gasteiger partial charge is 0.330 e. The molecule has 2 unspecified atom stereocenters. The first-order chi connectivity index (χ1) is 6.24. The van der Waals surface area contributed by atoms with Crippen molar-refractivity contribution < 1.29 is 14.6 Å². The number of aliphatic hydroxyl groups excluding tert-OH is 1. The Bertz CT molecular complexity index is 189. The van der Waals surface area contributed by atoms with Gasteiger partial charge < -0.3 is 9.84 Å². The first kappa shape index (κ1) is 10.3. The van der Waals surface area contributed by atoms with Crippen LogP contribution in [-0.4, -0.2) is 23.8 Å². The van der Waals surface area contributed by atoms with E-state index in [9.17, 15) is 9.90 Å². The fourth-order valence-electron chi connectivity index (χ4n) is 1.63. The zero-order valence-electron chi connectivity index (χ0n) is 7.74. The Balaban J connectivity index is 2.26. The van der Waals surface area contributed by atoms with Crippen LogP contribution >= 0.6 is 0 Å². The minimum absolute atomic E-state index is 0.123. The topological polar surface area (TPSA) is 46.5 Å². The van der Waals surface area contributed by atoms with E-state index in [1.807, 2.05) is 0 Å². The molecule has 0 aromatic carbocycles. The van der Waals surface area contributed by atoms with Crippen LogP contribution in [0.1, 0.15) is 25.7 Å². The van der Waals surface area contributed by atoms with Gasteiger partial charge in [-0.2, -0.15) is 0 Å². The van der Waals surface area contributed by atoms with Gasteiger partial charge >= 0.3 is 5.97 Å². The summed E-state index contributed by atoms with van der Waals surface area (Å²) in [6, 6.07) is 0. The molecule has 0 amide bonds. The maximum atomic E-state index is 10.7. The molecule has 1 fully saturated rings. The largest absolute Gasteiger partial charge is 0.462 e. The average Bonchev–Trinajstić information content (AvgIpc) is 2.16. The molecule has 1 aliphatic rings. The zero-order valence-corrected chi connectivity index (χ0v) is 7.74. The molecule has 3 nitrogen and oxygen atoms in total. The number of rotatable bonds is 3. The Morgan fingerprint density at radius 2 is 2.23 bits per heavy atom. The highest BCUT2D eigenvalue weighted by Gasteiger charge is 2.23. The van der Waals surface area contributed by atoms with Crippen molar-refractivity contribution in [3.63, 3.8) is 0 Å². The lowest BCUT2D eigenvalue weighted by Gasteiger charge is -2.26. The molecule has 0 radical (unpaired) electrons. The van der Waals surface area contributed by atoms with Crippen molar-refractivity contribution in [3.8, 4) is 0 Å². The van der Waals surface area contributed by atoms with Crippen LogP contribution in [0.15, 0.2) is 12.7 Å². The van der Waals surface area contributed by atoms with Crippen LogP contribution in [0, 0.1) is 5.92 Å². The van der Waals surface area contributed by atoms with Crippen LogP contribution in [0.2, 0.25) is 0 Å². The van der Waals surface area contributed by atoms with Crippen LogP contribution in [0.25, 0.3) is 0 Å². The van der Waals surface area contributed by atoms with Gasteiger partial charge in [-0.25, -0.2) is 4.79 Å². The molecule has 0 bridgehead atoms. The van der Waals surface area contributed by atoms with Gasteiger partial charge in [0.15, 0.2) is 0 Å². The second-order valence-corrected chi connectivity index (χ2v) is 3.45. The molecular formula is C10H16O3. The Labute approximate surface area is 78.4 Å². The van der Waals surface area contributed by atoms with E-state index in [-0.39, 0.29) is 12.0 Å². The van der Waals surface area contributed by atoms with Gasteiger partial charge in [0, 0.05) is 12.0 Å². The highest BCUT2D eigenvalue weighted by Crippen LogP contribution is 2.24. The van der Waals surface area contributed by atoms with Gasteiger partial charge in [-0.1, -0.05) is 19.4 Å². The first-order valence-corrected chi connectivity index (χ1v) is 4.71. The van der Waals surface area contributed by atoms with E-state index in [0.717, 1.165) is 31.8 Å². The van der Waals surface area contributed by atoms with Gasteiger partial charge in [-0.15, -0.1) is 0 Å². The van der Waals surface area contributed by atoms with E-state index in [2.05, 4.69) is 6.58 Å². The summed E-state index contributed by atoms with van der Waals surface area (Å²) in [5, 5.41) is 9.54. The highest BCUT2D eigenvalue weighted by atomic mass is 16.5. The predicted molar refractivity (Wildman–Crippen MR) is 49.1 cm³/mol. The lowest BCUT2D eigenvalue weighted by atomic mass is 9.87. The predicted octanol–water partition coefficient (Wildman–Crippen LogP) is 1.27. The quantitative estimate of drug-likeness (QED) is 0.530. The second kappa shape index (κ2) is 5.02. The van der Waals surface area contributed by atoms with Crippen molar-refractivity contribution in [3.05, 3.63) is 12.7 Å². The fourth-order valence-corrected chi connectivity index (χ4v) is 1.63. The van der Waals surface area contributed by atoms with E-state index >= 15 is 0 Å². The molecule has 1 aliphatic carbocycles. The Morgan fingerprint density at radius 3 is 2.85 bits per heavy atom.